The largest absolute Gasteiger partial charge is 0.504 e. The Morgan fingerprint density at radius 3 is 2.51 bits per heavy atom. The Balaban J connectivity index is 1.10. The Kier molecular flexibility index (Phi) is 10.2. The predicted octanol–water partition coefficient (Wildman–Crippen LogP) is 5.55. The zero-order valence-electron chi connectivity index (χ0n) is 27.8. The number of aromatic nitrogens is 2. The number of methoxy groups -OCH3 is 2. The number of rotatable bonds is 13. The van der Waals surface area contributed by atoms with Crippen molar-refractivity contribution >= 4 is 22.9 Å². The molecule has 1 aromatic heterocycles. The molecule has 2 saturated heterocycles. The number of piperidine rings is 1. The molecule has 2 aliphatic heterocycles. The predicted molar refractivity (Wildman–Crippen MR) is 184 cm³/mol. The van der Waals surface area contributed by atoms with E-state index >= 15 is 0 Å². The van der Waals surface area contributed by atoms with E-state index in [2.05, 4.69) is 57.2 Å². The summed E-state index contributed by atoms with van der Waals surface area (Å²) in [6, 6.07) is 22.4. The maximum absolute atomic E-state index is 13.7. The van der Waals surface area contributed by atoms with Crippen LogP contribution in [0.25, 0.3) is 11.0 Å². The number of carbonyl (C=O) groups is 1. The van der Waals surface area contributed by atoms with E-state index in [0.29, 0.717) is 43.7 Å². The lowest BCUT2D eigenvalue weighted by molar-refractivity contribution is 0.0779. The van der Waals surface area contributed by atoms with Crippen molar-refractivity contribution in [2.24, 2.45) is 0 Å². The first-order chi connectivity index (χ1) is 22.9. The van der Waals surface area contributed by atoms with Gasteiger partial charge in [0.05, 0.1) is 31.9 Å². The number of fused-ring (bicyclic) bond motifs is 1. The molecule has 2 fully saturated rings. The van der Waals surface area contributed by atoms with Crippen molar-refractivity contribution in [2.45, 2.75) is 50.6 Å². The van der Waals surface area contributed by atoms with E-state index in [-0.39, 0.29) is 22.8 Å². The molecule has 1 unspecified atom stereocenters. The molecule has 0 aliphatic carbocycles. The van der Waals surface area contributed by atoms with Crippen LogP contribution >= 0.6 is 0 Å². The number of ether oxygens (including phenoxy) is 3. The van der Waals surface area contributed by atoms with Crippen LogP contribution in [0.1, 0.15) is 48.5 Å². The van der Waals surface area contributed by atoms with Gasteiger partial charge in [0.2, 0.25) is 11.7 Å². The smallest absolute Gasteiger partial charge is 0.254 e. The Labute approximate surface area is 277 Å². The zero-order valence-corrected chi connectivity index (χ0v) is 27.8. The van der Waals surface area contributed by atoms with Crippen LogP contribution in [0, 0.1) is 0 Å². The average molecular weight is 642 g/mol. The summed E-state index contributed by atoms with van der Waals surface area (Å²) in [4.78, 5) is 23.1. The third-order valence-electron chi connectivity index (χ3n) is 9.88. The second kappa shape index (κ2) is 14.6. The molecule has 10 nitrogen and oxygen atoms in total. The third kappa shape index (κ3) is 7.04. The molecule has 1 amide bonds. The molecule has 4 aromatic rings. The number of benzene rings is 3. The molecule has 0 saturated carbocycles. The highest BCUT2D eigenvalue weighted by atomic mass is 16.5. The van der Waals surface area contributed by atoms with Gasteiger partial charge in [0.15, 0.2) is 11.5 Å². The fourth-order valence-electron chi connectivity index (χ4n) is 7.24. The maximum Gasteiger partial charge on any atom is 0.254 e. The van der Waals surface area contributed by atoms with Crippen LogP contribution in [0.5, 0.6) is 17.2 Å². The Hall–Kier alpha value is -4.28. The third-order valence-corrected chi connectivity index (χ3v) is 9.88. The number of anilines is 1. The van der Waals surface area contributed by atoms with Crippen LogP contribution in [-0.2, 0) is 16.7 Å². The molecule has 3 heterocycles. The average Bonchev–Trinajstić information content (AvgIpc) is 3.70. The number of nitrogens with one attached hydrogen (secondary N) is 1. The second-order valence-electron chi connectivity index (χ2n) is 12.6. The highest BCUT2D eigenvalue weighted by Crippen LogP contribution is 2.41. The minimum atomic E-state index is -0.143. The summed E-state index contributed by atoms with van der Waals surface area (Å²) in [6.07, 6.45) is 3.93. The van der Waals surface area contributed by atoms with Crippen molar-refractivity contribution in [3.8, 4) is 17.2 Å². The summed E-state index contributed by atoms with van der Waals surface area (Å²) in [5.74, 6) is 1.27. The monoisotopic (exact) mass is 641 g/mol. The van der Waals surface area contributed by atoms with Gasteiger partial charge in [-0.25, -0.2) is 4.98 Å². The van der Waals surface area contributed by atoms with Crippen LogP contribution < -0.4 is 14.8 Å². The van der Waals surface area contributed by atoms with Gasteiger partial charge >= 0.3 is 0 Å². The van der Waals surface area contributed by atoms with Crippen LogP contribution in [0.2, 0.25) is 0 Å². The standard InChI is InChI=1S/C37H47N5O5/c1-4-47-23-22-42-31-13-9-8-12-30(31)39-36(42)38-29-14-18-40(19-15-29)20-16-37(28-10-6-5-7-11-28)17-21-41(26-37)35(44)27-24-32(43)34(46-3)33(25-27)45-2/h5-13,24-25,29,43H,4,14-23,26H2,1-3H3,(H,38,39). The molecule has 2 aliphatic rings. The van der Waals surface area contributed by atoms with Gasteiger partial charge in [0.1, 0.15) is 0 Å². The van der Waals surface area contributed by atoms with Gasteiger partial charge in [-0.05, 0) is 69.0 Å². The minimum absolute atomic E-state index is 0.107. The molecule has 6 rings (SSSR count). The number of aromatic hydroxyl groups is 1. The summed E-state index contributed by atoms with van der Waals surface area (Å²) < 4.78 is 18.6. The van der Waals surface area contributed by atoms with Crippen LogP contribution in [0.3, 0.4) is 0 Å². The number of nitrogens with zero attached hydrogens (tertiary/aromatic N) is 4. The van der Waals surface area contributed by atoms with Crippen molar-refractivity contribution in [3.05, 3.63) is 77.9 Å². The first-order valence-corrected chi connectivity index (χ1v) is 16.8. The molecule has 2 N–H and O–H groups in total. The van der Waals surface area contributed by atoms with Gasteiger partial charge in [-0.1, -0.05) is 42.5 Å². The van der Waals surface area contributed by atoms with Crippen LogP contribution in [0.15, 0.2) is 66.7 Å². The number of para-hydroxylation sites is 2. The zero-order chi connectivity index (χ0) is 32.8. The highest BCUT2D eigenvalue weighted by molar-refractivity contribution is 5.96. The molecule has 3 aromatic carbocycles. The van der Waals surface area contributed by atoms with Crippen molar-refractivity contribution < 1.29 is 24.1 Å². The number of likely N-dealkylation sites (tertiary alicyclic amines) is 2. The van der Waals surface area contributed by atoms with Crippen molar-refractivity contribution in [1.82, 2.24) is 19.4 Å². The summed E-state index contributed by atoms with van der Waals surface area (Å²) in [7, 11) is 2.97. The molecule has 0 radical (unpaired) electrons. The number of carbonyl (C=O) groups excluding carboxylic acids is 1. The molecule has 10 heteroatoms. The van der Waals surface area contributed by atoms with E-state index in [1.807, 2.05) is 24.0 Å². The lowest BCUT2D eigenvalue weighted by Gasteiger charge is -2.36. The lowest BCUT2D eigenvalue weighted by Crippen LogP contribution is -2.42. The number of imidazole rings is 1. The van der Waals surface area contributed by atoms with E-state index in [1.54, 1.807) is 6.07 Å². The van der Waals surface area contributed by atoms with Gasteiger partial charge in [-0.3, -0.25) is 4.79 Å². The van der Waals surface area contributed by atoms with Crippen LogP contribution in [-0.4, -0.2) is 96.6 Å². The fourth-order valence-corrected chi connectivity index (χ4v) is 7.24. The molecule has 250 valence electrons. The van der Waals surface area contributed by atoms with Crippen molar-refractivity contribution in [1.29, 1.82) is 0 Å². The van der Waals surface area contributed by atoms with E-state index in [4.69, 9.17) is 19.2 Å². The van der Waals surface area contributed by atoms with Gasteiger partial charge in [-0.15, -0.1) is 0 Å². The first-order valence-electron chi connectivity index (χ1n) is 16.8. The number of phenols is 1. The van der Waals surface area contributed by atoms with Crippen molar-refractivity contribution in [2.75, 3.05) is 65.5 Å². The SMILES string of the molecule is CCOCCn1c(NC2CCN(CCC3(c4ccccc4)CCN(C(=O)c4cc(O)c(OC)c(OC)c4)C3)CC2)nc2ccccc21. The van der Waals surface area contributed by atoms with Gasteiger partial charge < -0.3 is 39.0 Å². The van der Waals surface area contributed by atoms with Crippen molar-refractivity contribution in [3.63, 3.8) is 0 Å². The summed E-state index contributed by atoms with van der Waals surface area (Å²) in [5, 5.41) is 14.3. The Morgan fingerprint density at radius 1 is 1.00 bits per heavy atom. The van der Waals surface area contributed by atoms with Crippen LogP contribution in [0.4, 0.5) is 5.95 Å². The molecule has 47 heavy (non-hydrogen) atoms. The second-order valence-corrected chi connectivity index (χ2v) is 12.6. The summed E-state index contributed by atoms with van der Waals surface area (Å²) in [5.41, 5.74) is 3.65. The van der Waals surface area contributed by atoms with E-state index in [0.717, 1.165) is 68.8 Å². The molecular formula is C37H47N5O5. The molecule has 1 atom stereocenters. The molecule has 0 bridgehead atoms. The number of hydrogen-bond donors (Lipinski definition) is 2. The lowest BCUT2D eigenvalue weighted by atomic mass is 9.76. The minimum Gasteiger partial charge on any atom is -0.504 e. The molecule has 0 spiro atoms. The Bertz CT molecular complexity index is 1650. The maximum atomic E-state index is 13.7. The first kappa shape index (κ1) is 32.7. The van der Waals surface area contributed by atoms with E-state index in [1.165, 1.54) is 25.8 Å². The highest BCUT2D eigenvalue weighted by Gasteiger charge is 2.42. The normalized spacial score (nSPS) is 18.9. The van der Waals surface area contributed by atoms with Gasteiger partial charge in [0, 0.05) is 56.4 Å². The number of phenolic OH excluding ortho intramolecular Hbond substituents is 1. The topological polar surface area (TPSA) is 101 Å². The summed E-state index contributed by atoms with van der Waals surface area (Å²) in [6.45, 7) is 8.42. The van der Waals surface area contributed by atoms with E-state index in [9.17, 15) is 9.90 Å². The van der Waals surface area contributed by atoms with Gasteiger partial charge in [0.25, 0.3) is 5.91 Å². The quantitative estimate of drug-likeness (QED) is 0.184. The summed E-state index contributed by atoms with van der Waals surface area (Å²) >= 11 is 0. The molecular weight excluding hydrogens is 594 g/mol. The van der Waals surface area contributed by atoms with Gasteiger partial charge in [-0.2, -0.15) is 0 Å². The number of amides is 1. The number of hydrogen-bond acceptors (Lipinski definition) is 8. The van der Waals surface area contributed by atoms with E-state index < -0.39 is 0 Å². The fraction of sp³-hybridized carbons (Fsp3) is 0.459. The Morgan fingerprint density at radius 2 is 1.77 bits per heavy atom.